The average Bonchev–Trinajstić information content (AvgIpc) is 3.00. The second-order valence-electron chi connectivity index (χ2n) is 10.7. The number of amides is 1. The van der Waals surface area contributed by atoms with E-state index in [4.69, 9.17) is 14.3 Å². The summed E-state index contributed by atoms with van der Waals surface area (Å²) in [5, 5.41) is 7.40. The van der Waals surface area contributed by atoms with E-state index in [0.717, 1.165) is 31.5 Å². The van der Waals surface area contributed by atoms with Gasteiger partial charge < -0.3 is 25.0 Å². The fraction of sp³-hybridized carbons (Fsp3) is 0.433. The molecule has 0 spiro atoms. The van der Waals surface area contributed by atoms with Gasteiger partial charge in [0.2, 0.25) is 11.8 Å². The van der Waals surface area contributed by atoms with E-state index >= 15 is 0 Å². The number of anilines is 2. The third kappa shape index (κ3) is 7.03. The van der Waals surface area contributed by atoms with E-state index in [0.29, 0.717) is 23.0 Å². The summed E-state index contributed by atoms with van der Waals surface area (Å²) in [6, 6.07) is 9.38. The lowest BCUT2D eigenvalue weighted by molar-refractivity contribution is -0.207. The molecule has 2 aliphatic heterocycles. The van der Waals surface area contributed by atoms with Crippen LogP contribution >= 0.6 is 0 Å². The number of aromatic nitrogens is 2. The van der Waals surface area contributed by atoms with E-state index in [2.05, 4.69) is 25.5 Å². The number of hydrogen-bond acceptors (Lipinski definition) is 9. The van der Waals surface area contributed by atoms with Gasteiger partial charge in [0.15, 0.2) is 0 Å². The number of rotatable bonds is 9. The number of nitrogens with one attached hydrogen (secondary N) is 2. The van der Waals surface area contributed by atoms with Crippen molar-refractivity contribution in [1.29, 1.82) is 0 Å². The van der Waals surface area contributed by atoms with E-state index in [9.17, 15) is 22.4 Å². The van der Waals surface area contributed by atoms with Crippen molar-refractivity contribution in [2.24, 2.45) is 0 Å². The van der Waals surface area contributed by atoms with Gasteiger partial charge >= 0.3 is 6.18 Å². The van der Waals surface area contributed by atoms with Crippen molar-refractivity contribution in [3.63, 3.8) is 0 Å². The zero-order valence-electron chi connectivity index (χ0n) is 24.6. The molecule has 236 valence electrons. The van der Waals surface area contributed by atoms with Gasteiger partial charge in [-0.2, -0.15) is 23.2 Å². The van der Waals surface area contributed by atoms with Gasteiger partial charge in [-0.05, 0) is 69.7 Å². The van der Waals surface area contributed by atoms with E-state index in [-0.39, 0.29) is 48.6 Å². The van der Waals surface area contributed by atoms with E-state index in [1.54, 1.807) is 24.3 Å². The molecule has 0 aliphatic carbocycles. The molecule has 44 heavy (non-hydrogen) atoms. The van der Waals surface area contributed by atoms with Crippen LogP contribution in [-0.4, -0.2) is 72.3 Å². The lowest BCUT2D eigenvalue weighted by Crippen LogP contribution is -2.43. The number of methoxy groups -OCH3 is 1. The van der Waals surface area contributed by atoms with Gasteiger partial charge in [0.1, 0.15) is 23.7 Å². The zero-order valence-corrected chi connectivity index (χ0v) is 24.6. The molecule has 2 aliphatic rings. The molecule has 3 heterocycles. The Morgan fingerprint density at radius 1 is 1.16 bits per heavy atom. The molecule has 0 radical (unpaired) electrons. The quantitative estimate of drug-likeness (QED) is 0.295. The Kier molecular flexibility index (Phi) is 9.51. The SMILES string of the molecule is COc1cc(C(=O)NC2CCN(C)CC2)ccc1Nc1ncc(C(F)(F)F)c(Oc2cccc3c2CON(CCF)C3C)n1. The number of ether oxygens (including phenoxy) is 2. The van der Waals surface area contributed by atoms with Crippen LogP contribution in [-0.2, 0) is 17.6 Å². The summed E-state index contributed by atoms with van der Waals surface area (Å²) >= 11 is 0. The maximum absolute atomic E-state index is 14.0. The Morgan fingerprint density at radius 3 is 2.64 bits per heavy atom. The van der Waals surface area contributed by atoms with E-state index in [1.807, 2.05) is 14.0 Å². The third-order valence-electron chi connectivity index (χ3n) is 7.76. The number of fused-ring (bicyclic) bond motifs is 1. The van der Waals surface area contributed by atoms with Crippen LogP contribution in [0.1, 0.15) is 52.9 Å². The molecule has 0 bridgehead atoms. The lowest BCUT2D eigenvalue weighted by atomic mass is 9.99. The molecule has 1 amide bonds. The molecule has 1 unspecified atom stereocenters. The highest BCUT2D eigenvalue weighted by Crippen LogP contribution is 2.41. The Balaban J connectivity index is 1.38. The second-order valence-corrected chi connectivity index (χ2v) is 10.7. The number of benzene rings is 2. The minimum atomic E-state index is -4.80. The number of halogens is 4. The Hall–Kier alpha value is -4.01. The first-order valence-corrected chi connectivity index (χ1v) is 14.2. The van der Waals surface area contributed by atoms with Gasteiger partial charge in [-0.3, -0.25) is 9.63 Å². The topological polar surface area (TPSA) is 101 Å². The highest BCUT2D eigenvalue weighted by atomic mass is 19.4. The van der Waals surface area contributed by atoms with Crippen LogP contribution in [0.25, 0.3) is 0 Å². The van der Waals surface area contributed by atoms with Crippen LogP contribution in [0, 0.1) is 0 Å². The first kappa shape index (κ1) is 31.4. The summed E-state index contributed by atoms with van der Waals surface area (Å²) in [5.41, 5.74) is 0.817. The molecule has 2 aromatic carbocycles. The van der Waals surface area contributed by atoms with Crippen LogP contribution in [0.2, 0.25) is 0 Å². The smallest absolute Gasteiger partial charge is 0.423 e. The summed E-state index contributed by atoms with van der Waals surface area (Å²) < 4.78 is 66.1. The summed E-state index contributed by atoms with van der Waals surface area (Å²) in [6.07, 6.45) is -2.46. The van der Waals surface area contributed by atoms with Crippen molar-refractivity contribution < 1.29 is 36.7 Å². The number of piperidine rings is 1. The summed E-state index contributed by atoms with van der Waals surface area (Å²) in [7, 11) is 3.45. The van der Waals surface area contributed by atoms with E-state index in [1.165, 1.54) is 24.3 Å². The van der Waals surface area contributed by atoms with Crippen molar-refractivity contribution in [1.82, 2.24) is 25.2 Å². The molecular weight excluding hydrogens is 584 g/mol. The Morgan fingerprint density at radius 2 is 1.93 bits per heavy atom. The molecular formula is C30H34F4N6O4. The number of likely N-dealkylation sites (tertiary alicyclic amines) is 1. The summed E-state index contributed by atoms with van der Waals surface area (Å²) in [6.45, 7) is 3.03. The first-order chi connectivity index (χ1) is 21.1. The molecule has 1 atom stereocenters. The Bertz CT molecular complexity index is 1480. The molecule has 14 heteroatoms. The monoisotopic (exact) mass is 618 g/mol. The van der Waals surface area contributed by atoms with Crippen molar-refractivity contribution in [3.05, 3.63) is 64.8 Å². The van der Waals surface area contributed by atoms with E-state index < -0.39 is 24.3 Å². The largest absolute Gasteiger partial charge is 0.495 e. The molecule has 1 aromatic heterocycles. The molecule has 1 saturated heterocycles. The van der Waals surface area contributed by atoms with Gasteiger partial charge in [0.25, 0.3) is 5.91 Å². The molecule has 0 saturated carbocycles. The van der Waals surface area contributed by atoms with Crippen molar-refractivity contribution >= 4 is 17.5 Å². The van der Waals surface area contributed by atoms with Crippen LogP contribution in [0.5, 0.6) is 17.4 Å². The normalized spacial score (nSPS) is 18.0. The highest BCUT2D eigenvalue weighted by molar-refractivity contribution is 5.95. The zero-order chi connectivity index (χ0) is 31.4. The average molecular weight is 619 g/mol. The van der Waals surface area contributed by atoms with Crippen LogP contribution < -0.4 is 20.1 Å². The maximum atomic E-state index is 14.0. The number of alkyl halides is 4. The van der Waals surface area contributed by atoms with Crippen molar-refractivity contribution in [3.8, 4) is 17.4 Å². The van der Waals surface area contributed by atoms with Crippen LogP contribution in [0.3, 0.4) is 0 Å². The number of nitrogens with zero attached hydrogens (tertiary/aromatic N) is 4. The van der Waals surface area contributed by atoms with Gasteiger partial charge in [-0.1, -0.05) is 12.1 Å². The molecule has 3 aromatic rings. The van der Waals surface area contributed by atoms with Gasteiger partial charge in [0, 0.05) is 23.4 Å². The highest BCUT2D eigenvalue weighted by Gasteiger charge is 2.37. The standard InChI is InChI=1S/C30H34F4N6O4/c1-18-21-5-4-6-25(22(21)17-43-40(18)14-11-31)44-28-23(30(32,33)34)16-35-29(38-28)37-24-8-7-19(15-26(24)42-3)27(41)36-20-9-12-39(2)13-10-20/h4-8,15-16,18,20H,9-14,17H2,1-3H3,(H,36,41)(H,35,37,38). The Labute approximate surface area is 252 Å². The van der Waals surface area contributed by atoms with Gasteiger partial charge in [0.05, 0.1) is 32.0 Å². The van der Waals surface area contributed by atoms with Gasteiger partial charge in [-0.15, -0.1) is 0 Å². The molecule has 10 nitrogen and oxygen atoms in total. The number of hydroxylamine groups is 2. The molecule has 5 rings (SSSR count). The van der Waals surface area contributed by atoms with Crippen molar-refractivity contribution in [2.45, 2.75) is 44.6 Å². The molecule has 2 N–H and O–H groups in total. The maximum Gasteiger partial charge on any atom is 0.423 e. The predicted octanol–water partition coefficient (Wildman–Crippen LogP) is 5.64. The minimum Gasteiger partial charge on any atom is -0.495 e. The fourth-order valence-electron chi connectivity index (χ4n) is 5.26. The minimum absolute atomic E-state index is 0.0116. The fourth-order valence-corrected chi connectivity index (χ4v) is 5.26. The van der Waals surface area contributed by atoms with Crippen LogP contribution in [0.4, 0.5) is 29.2 Å². The first-order valence-electron chi connectivity index (χ1n) is 14.2. The number of carbonyl (C=O) groups is 1. The van der Waals surface area contributed by atoms with Crippen LogP contribution in [0.15, 0.2) is 42.6 Å². The lowest BCUT2D eigenvalue weighted by Gasteiger charge is -2.34. The summed E-state index contributed by atoms with van der Waals surface area (Å²) in [5.74, 6) is -0.744. The number of hydrogen-bond donors (Lipinski definition) is 2. The summed E-state index contributed by atoms with van der Waals surface area (Å²) in [4.78, 5) is 28.6. The third-order valence-corrected chi connectivity index (χ3v) is 7.76. The second kappa shape index (κ2) is 13.3. The molecule has 1 fully saturated rings. The van der Waals surface area contributed by atoms with Crippen molar-refractivity contribution in [2.75, 3.05) is 45.8 Å². The van der Waals surface area contributed by atoms with Gasteiger partial charge in [-0.25, -0.2) is 9.37 Å². The number of carbonyl (C=O) groups excluding carboxylic acids is 1. The predicted molar refractivity (Wildman–Crippen MR) is 154 cm³/mol.